The second-order valence-electron chi connectivity index (χ2n) is 8.06. The van der Waals surface area contributed by atoms with Crippen LogP contribution in [0.25, 0.3) is 0 Å². The van der Waals surface area contributed by atoms with E-state index in [2.05, 4.69) is 63.0 Å². The SMILES string of the molecule is Cc1cc(COc2nccnc2N2CCN(Cc3ccc(C(C)C)cc3)CC2)no1. The van der Waals surface area contributed by atoms with Crippen LogP contribution in [0, 0.1) is 6.92 Å². The highest BCUT2D eigenvalue weighted by molar-refractivity contribution is 5.48. The van der Waals surface area contributed by atoms with Crippen molar-refractivity contribution in [1.29, 1.82) is 0 Å². The molecular weight excluding hydrogens is 378 g/mol. The summed E-state index contributed by atoms with van der Waals surface area (Å²) >= 11 is 0. The molecule has 7 heteroatoms. The van der Waals surface area contributed by atoms with Crippen molar-refractivity contribution in [1.82, 2.24) is 20.0 Å². The second-order valence-corrected chi connectivity index (χ2v) is 8.06. The molecule has 3 heterocycles. The zero-order valence-corrected chi connectivity index (χ0v) is 17.9. The zero-order chi connectivity index (χ0) is 20.9. The Morgan fingerprint density at radius 1 is 1.03 bits per heavy atom. The molecule has 0 saturated carbocycles. The summed E-state index contributed by atoms with van der Waals surface area (Å²) in [6.45, 7) is 11.3. The Morgan fingerprint density at radius 2 is 1.77 bits per heavy atom. The first-order valence-electron chi connectivity index (χ1n) is 10.5. The molecular formula is C23H29N5O2. The summed E-state index contributed by atoms with van der Waals surface area (Å²) in [4.78, 5) is 13.6. The van der Waals surface area contributed by atoms with Crippen LogP contribution in [-0.2, 0) is 13.2 Å². The van der Waals surface area contributed by atoms with E-state index in [-0.39, 0.29) is 0 Å². The fourth-order valence-corrected chi connectivity index (χ4v) is 3.65. The molecule has 1 saturated heterocycles. The van der Waals surface area contributed by atoms with Crippen LogP contribution in [0.4, 0.5) is 5.82 Å². The van der Waals surface area contributed by atoms with Crippen molar-refractivity contribution in [3.8, 4) is 5.88 Å². The van der Waals surface area contributed by atoms with Gasteiger partial charge in [0.15, 0.2) is 5.82 Å². The standard InChI is InChI=1S/C23H29N5O2/c1-17(2)20-6-4-19(5-7-20)15-27-10-12-28(13-11-27)22-23(25-9-8-24-22)29-16-21-14-18(3)30-26-21/h4-9,14,17H,10-13,15-16H2,1-3H3. The average molecular weight is 408 g/mol. The summed E-state index contributed by atoms with van der Waals surface area (Å²) in [5.41, 5.74) is 3.50. The molecule has 1 aliphatic heterocycles. The second kappa shape index (κ2) is 9.26. The van der Waals surface area contributed by atoms with Gasteiger partial charge in [-0.2, -0.15) is 0 Å². The lowest BCUT2D eigenvalue weighted by molar-refractivity contribution is 0.245. The third kappa shape index (κ3) is 4.97. The van der Waals surface area contributed by atoms with E-state index in [1.54, 1.807) is 12.4 Å². The quantitative estimate of drug-likeness (QED) is 0.590. The van der Waals surface area contributed by atoms with E-state index in [1.807, 2.05) is 13.0 Å². The summed E-state index contributed by atoms with van der Waals surface area (Å²) in [6, 6.07) is 10.9. The fourth-order valence-electron chi connectivity index (χ4n) is 3.65. The van der Waals surface area contributed by atoms with E-state index in [4.69, 9.17) is 9.26 Å². The monoisotopic (exact) mass is 407 g/mol. The number of piperazine rings is 1. The third-order valence-electron chi connectivity index (χ3n) is 5.40. The van der Waals surface area contributed by atoms with Gasteiger partial charge in [-0.05, 0) is 24.0 Å². The maximum absolute atomic E-state index is 5.89. The minimum atomic E-state index is 0.315. The highest BCUT2D eigenvalue weighted by Crippen LogP contribution is 2.25. The first kappa shape index (κ1) is 20.3. The number of aromatic nitrogens is 3. The number of rotatable bonds is 7. The number of aryl methyl sites for hydroxylation is 1. The minimum absolute atomic E-state index is 0.315. The highest BCUT2D eigenvalue weighted by atomic mass is 16.5. The number of hydrogen-bond donors (Lipinski definition) is 0. The Morgan fingerprint density at radius 3 is 2.43 bits per heavy atom. The smallest absolute Gasteiger partial charge is 0.258 e. The molecule has 0 amide bonds. The van der Waals surface area contributed by atoms with Gasteiger partial charge in [0.25, 0.3) is 5.88 Å². The molecule has 0 bridgehead atoms. The van der Waals surface area contributed by atoms with E-state index in [1.165, 1.54) is 11.1 Å². The van der Waals surface area contributed by atoms with Gasteiger partial charge in [0.2, 0.25) is 0 Å². The fraction of sp³-hybridized carbons (Fsp3) is 0.435. The Balaban J connectivity index is 1.33. The van der Waals surface area contributed by atoms with E-state index < -0.39 is 0 Å². The average Bonchev–Trinajstić information content (AvgIpc) is 3.19. The molecule has 4 rings (SSSR count). The molecule has 30 heavy (non-hydrogen) atoms. The van der Waals surface area contributed by atoms with E-state index in [0.29, 0.717) is 18.4 Å². The van der Waals surface area contributed by atoms with E-state index in [9.17, 15) is 0 Å². The predicted molar refractivity (Wildman–Crippen MR) is 116 cm³/mol. The lowest BCUT2D eigenvalue weighted by atomic mass is 10.0. The molecule has 1 aromatic carbocycles. The maximum Gasteiger partial charge on any atom is 0.258 e. The largest absolute Gasteiger partial charge is 0.468 e. The molecule has 3 aromatic rings. The molecule has 0 unspecified atom stereocenters. The molecule has 0 atom stereocenters. The Labute approximate surface area is 177 Å². The van der Waals surface area contributed by atoms with Gasteiger partial charge in [-0.25, -0.2) is 9.97 Å². The number of hydrogen-bond acceptors (Lipinski definition) is 7. The summed E-state index contributed by atoms with van der Waals surface area (Å²) in [5, 5.41) is 3.97. The minimum Gasteiger partial charge on any atom is -0.468 e. The van der Waals surface area contributed by atoms with E-state index in [0.717, 1.165) is 50.0 Å². The molecule has 1 aliphatic rings. The first-order chi connectivity index (χ1) is 14.6. The normalized spacial score (nSPS) is 15.0. The van der Waals surface area contributed by atoms with Crippen LogP contribution in [0.3, 0.4) is 0 Å². The van der Waals surface area contributed by atoms with Gasteiger partial charge in [-0.1, -0.05) is 43.3 Å². The summed E-state index contributed by atoms with van der Waals surface area (Å²) in [5.74, 6) is 2.66. The molecule has 0 radical (unpaired) electrons. The van der Waals surface area contributed by atoms with Crippen molar-refractivity contribution in [3.05, 3.63) is 65.3 Å². The topological polar surface area (TPSA) is 67.5 Å². The van der Waals surface area contributed by atoms with Crippen LogP contribution in [0.15, 0.2) is 47.2 Å². The molecule has 7 nitrogen and oxygen atoms in total. The van der Waals surface area contributed by atoms with Crippen LogP contribution in [0.1, 0.15) is 42.3 Å². The number of benzene rings is 1. The Kier molecular flexibility index (Phi) is 6.28. The lowest BCUT2D eigenvalue weighted by Gasteiger charge is -2.35. The lowest BCUT2D eigenvalue weighted by Crippen LogP contribution is -2.46. The van der Waals surface area contributed by atoms with Crippen molar-refractivity contribution in [2.45, 2.75) is 39.8 Å². The van der Waals surface area contributed by atoms with E-state index >= 15 is 0 Å². The van der Waals surface area contributed by atoms with Crippen molar-refractivity contribution >= 4 is 5.82 Å². The van der Waals surface area contributed by atoms with Crippen LogP contribution in [-0.4, -0.2) is 46.2 Å². The Bertz CT molecular complexity index is 946. The third-order valence-corrected chi connectivity index (χ3v) is 5.40. The molecule has 0 aliphatic carbocycles. The van der Waals surface area contributed by atoms with Gasteiger partial charge in [0.05, 0.1) is 0 Å². The summed E-state index contributed by atoms with van der Waals surface area (Å²) in [7, 11) is 0. The maximum atomic E-state index is 5.89. The first-order valence-corrected chi connectivity index (χ1v) is 10.5. The summed E-state index contributed by atoms with van der Waals surface area (Å²) < 4.78 is 11.0. The van der Waals surface area contributed by atoms with Crippen molar-refractivity contribution < 1.29 is 9.26 Å². The number of nitrogens with zero attached hydrogens (tertiary/aromatic N) is 5. The highest BCUT2D eigenvalue weighted by Gasteiger charge is 2.22. The van der Waals surface area contributed by atoms with Gasteiger partial charge >= 0.3 is 0 Å². The van der Waals surface area contributed by atoms with Gasteiger partial charge in [-0.3, -0.25) is 4.90 Å². The Hall–Kier alpha value is -2.93. The zero-order valence-electron chi connectivity index (χ0n) is 17.9. The van der Waals surface area contributed by atoms with Gasteiger partial charge in [0.1, 0.15) is 18.1 Å². The van der Waals surface area contributed by atoms with Gasteiger partial charge in [-0.15, -0.1) is 0 Å². The van der Waals surface area contributed by atoms with Crippen LogP contribution in [0.5, 0.6) is 5.88 Å². The van der Waals surface area contributed by atoms with Crippen LogP contribution < -0.4 is 9.64 Å². The summed E-state index contributed by atoms with van der Waals surface area (Å²) in [6.07, 6.45) is 3.37. The molecule has 0 spiro atoms. The number of ether oxygens (including phenoxy) is 1. The van der Waals surface area contributed by atoms with Gasteiger partial charge < -0.3 is 14.2 Å². The molecule has 1 fully saturated rings. The number of anilines is 1. The molecule has 0 N–H and O–H groups in total. The van der Waals surface area contributed by atoms with Crippen molar-refractivity contribution in [2.75, 3.05) is 31.1 Å². The molecule has 158 valence electrons. The van der Waals surface area contributed by atoms with Crippen molar-refractivity contribution in [2.24, 2.45) is 0 Å². The van der Waals surface area contributed by atoms with Gasteiger partial charge in [0, 0.05) is 51.2 Å². The van der Waals surface area contributed by atoms with Crippen LogP contribution in [0.2, 0.25) is 0 Å². The predicted octanol–water partition coefficient (Wildman–Crippen LogP) is 3.80. The van der Waals surface area contributed by atoms with Crippen molar-refractivity contribution in [3.63, 3.8) is 0 Å². The van der Waals surface area contributed by atoms with Crippen LogP contribution >= 0.6 is 0 Å². The molecule has 2 aromatic heterocycles.